The van der Waals surface area contributed by atoms with E-state index in [9.17, 15) is 0 Å². The van der Waals surface area contributed by atoms with Crippen LogP contribution in [0.2, 0.25) is 0 Å². The average Bonchev–Trinajstić information content (AvgIpc) is 2.36. The van der Waals surface area contributed by atoms with Gasteiger partial charge in [0.05, 0.1) is 0 Å². The minimum absolute atomic E-state index is 0.00326. The summed E-state index contributed by atoms with van der Waals surface area (Å²) in [5.41, 5.74) is 6.92. The van der Waals surface area contributed by atoms with Crippen molar-refractivity contribution in [3.63, 3.8) is 0 Å². The van der Waals surface area contributed by atoms with E-state index in [2.05, 4.69) is 21.4 Å². The number of pyridine rings is 1. The van der Waals surface area contributed by atoms with Crippen LogP contribution in [0.15, 0.2) is 23.5 Å². The number of rotatable bonds is 5. The molecule has 1 atom stereocenters. The molecule has 1 heterocycles. The molecule has 0 spiro atoms. The first-order valence-corrected chi connectivity index (χ1v) is 5.27. The van der Waals surface area contributed by atoms with Crippen molar-refractivity contribution in [3.8, 4) is 12.3 Å². The fourth-order valence-corrected chi connectivity index (χ4v) is 1.32. The molecule has 1 rings (SSSR count). The third kappa shape index (κ3) is 4.13. The first-order chi connectivity index (χ1) is 8.17. The molecule has 1 aromatic rings. The second-order valence-corrected chi connectivity index (χ2v) is 3.72. The van der Waals surface area contributed by atoms with Crippen molar-refractivity contribution in [3.05, 3.63) is 29.6 Å². The monoisotopic (exact) mass is 232 g/mol. The van der Waals surface area contributed by atoms with Crippen LogP contribution in [0.3, 0.4) is 0 Å². The second kappa shape index (κ2) is 6.51. The van der Waals surface area contributed by atoms with Crippen LogP contribution < -0.4 is 11.1 Å². The molecule has 1 aromatic heterocycles. The highest BCUT2D eigenvalue weighted by molar-refractivity contribution is 5.95. The second-order valence-electron chi connectivity index (χ2n) is 3.72. The van der Waals surface area contributed by atoms with Crippen LogP contribution in [0.5, 0.6) is 0 Å². The summed E-state index contributed by atoms with van der Waals surface area (Å²) < 4.78 is 0. The van der Waals surface area contributed by atoms with Gasteiger partial charge < -0.3 is 16.3 Å². The van der Waals surface area contributed by atoms with E-state index in [-0.39, 0.29) is 11.9 Å². The lowest BCUT2D eigenvalue weighted by Gasteiger charge is -2.11. The minimum atomic E-state index is 0.00326. The van der Waals surface area contributed by atoms with E-state index in [1.54, 1.807) is 12.3 Å². The highest BCUT2D eigenvalue weighted by atomic mass is 16.4. The molecule has 0 aromatic carbocycles. The van der Waals surface area contributed by atoms with E-state index in [1.165, 1.54) is 0 Å². The van der Waals surface area contributed by atoms with Gasteiger partial charge in [-0.2, -0.15) is 0 Å². The molecule has 0 fully saturated rings. The molecule has 5 nitrogen and oxygen atoms in total. The fourth-order valence-electron chi connectivity index (χ4n) is 1.32. The van der Waals surface area contributed by atoms with Crippen molar-refractivity contribution in [2.75, 3.05) is 0 Å². The summed E-state index contributed by atoms with van der Waals surface area (Å²) in [5.74, 6) is 2.60. The molecule has 0 aliphatic rings. The number of nitrogens with one attached hydrogen (secondary N) is 1. The van der Waals surface area contributed by atoms with Crippen molar-refractivity contribution >= 4 is 5.84 Å². The highest BCUT2D eigenvalue weighted by Gasteiger charge is 2.03. The summed E-state index contributed by atoms with van der Waals surface area (Å²) in [6.45, 7) is 2.68. The van der Waals surface area contributed by atoms with Gasteiger partial charge >= 0.3 is 0 Å². The molecular weight excluding hydrogens is 216 g/mol. The number of hydrogen-bond acceptors (Lipinski definition) is 4. The number of nitrogens with two attached hydrogens (primary N) is 1. The Hall–Kier alpha value is -2.06. The van der Waals surface area contributed by atoms with Gasteiger partial charge in [-0.3, -0.25) is 4.98 Å². The molecule has 0 bridgehead atoms. The van der Waals surface area contributed by atoms with Gasteiger partial charge in [0.1, 0.15) is 5.69 Å². The lowest BCUT2D eigenvalue weighted by atomic mass is 10.2. The van der Waals surface area contributed by atoms with Crippen LogP contribution in [0.25, 0.3) is 0 Å². The van der Waals surface area contributed by atoms with Gasteiger partial charge in [-0.25, -0.2) is 0 Å². The van der Waals surface area contributed by atoms with Crippen molar-refractivity contribution in [2.24, 2.45) is 10.9 Å². The topological polar surface area (TPSA) is 83.5 Å². The largest absolute Gasteiger partial charge is 0.409 e. The molecule has 5 heteroatoms. The zero-order valence-corrected chi connectivity index (χ0v) is 9.72. The Bertz CT molecular complexity index is 436. The van der Waals surface area contributed by atoms with Gasteiger partial charge in [0.25, 0.3) is 0 Å². The van der Waals surface area contributed by atoms with Crippen molar-refractivity contribution in [1.29, 1.82) is 0 Å². The SMILES string of the molecule is C#CCC(C)NCc1ccnc(/C(N)=N/O)c1. The van der Waals surface area contributed by atoms with E-state index in [0.717, 1.165) is 5.56 Å². The van der Waals surface area contributed by atoms with Crippen LogP contribution >= 0.6 is 0 Å². The standard InChI is InChI=1S/C12H16N4O/c1-3-4-9(2)15-8-10-5-6-14-11(7-10)12(13)16-17/h1,5-7,9,15,17H,4,8H2,2H3,(H2,13,16). The fraction of sp³-hybridized carbons (Fsp3) is 0.333. The third-order valence-corrected chi connectivity index (χ3v) is 2.27. The molecule has 0 aliphatic carbocycles. The summed E-state index contributed by atoms with van der Waals surface area (Å²) in [6.07, 6.45) is 7.52. The van der Waals surface area contributed by atoms with Crippen molar-refractivity contribution in [1.82, 2.24) is 10.3 Å². The van der Waals surface area contributed by atoms with E-state index in [4.69, 9.17) is 17.4 Å². The minimum Gasteiger partial charge on any atom is -0.409 e. The van der Waals surface area contributed by atoms with E-state index in [1.807, 2.05) is 13.0 Å². The smallest absolute Gasteiger partial charge is 0.188 e. The molecular formula is C12H16N4O. The van der Waals surface area contributed by atoms with E-state index >= 15 is 0 Å². The summed E-state index contributed by atoms with van der Waals surface area (Å²) in [7, 11) is 0. The Kier molecular flexibility index (Phi) is 4.98. The molecule has 90 valence electrons. The Balaban J connectivity index is 2.64. The Labute approximate surface area is 101 Å². The molecule has 0 aliphatic heterocycles. The predicted molar refractivity (Wildman–Crippen MR) is 66.5 cm³/mol. The Morgan fingerprint density at radius 1 is 1.76 bits per heavy atom. The maximum Gasteiger partial charge on any atom is 0.188 e. The number of oxime groups is 1. The molecule has 17 heavy (non-hydrogen) atoms. The lowest BCUT2D eigenvalue weighted by molar-refractivity contribution is 0.318. The quantitative estimate of drug-likeness (QED) is 0.229. The Morgan fingerprint density at radius 2 is 2.53 bits per heavy atom. The van der Waals surface area contributed by atoms with Crippen LogP contribution in [-0.2, 0) is 6.54 Å². The maximum atomic E-state index is 8.55. The molecule has 4 N–H and O–H groups in total. The Morgan fingerprint density at radius 3 is 3.18 bits per heavy atom. The predicted octanol–water partition coefficient (Wildman–Crippen LogP) is 0.677. The lowest BCUT2D eigenvalue weighted by Crippen LogP contribution is -2.25. The zero-order valence-electron chi connectivity index (χ0n) is 9.72. The highest BCUT2D eigenvalue weighted by Crippen LogP contribution is 2.02. The molecule has 0 amide bonds. The summed E-state index contributed by atoms with van der Waals surface area (Å²) in [6, 6.07) is 3.88. The molecule has 1 unspecified atom stereocenters. The third-order valence-electron chi connectivity index (χ3n) is 2.27. The van der Waals surface area contributed by atoms with Crippen LogP contribution in [0, 0.1) is 12.3 Å². The van der Waals surface area contributed by atoms with Crippen LogP contribution in [-0.4, -0.2) is 22.1 Å². The zero-order chi connectivity index (χ0) is 12.7. The molecule has 0 saturated heterocycles. The van der Waals surface area contributed by atoms with Gasteiger partial charge in [0, 0.05) is 25.2 Å². The van der Waals surface area contributed by atoms with Gasteiger partial charge in [-0.05, 0) is 24.6 Å². The van der Waals surface area contributed by atoms with Gasteiger partial charge in [-0.1, -0.05) is 5.16 Å². The number of terminal acetylenes is 1. The van der Waals surface area contributed by atoms with Gasteiger partial charge in [-0.15, -0.1) is 12.3 Å². The molecule has 0 radical (unpaired) electrons. The number of nitrogens with zero attached hydrogens (tertiary/aromatic N) is 2. The van der Waals surface area contributed by atoms with Crippen LogP contribution in [0.1, 0.15) is 24.6 Å². The van der Waals surface area contributed by atoms with Gasteiger partial charge in [0.15, 0.2) is 5.84 Å². The van der Waals surface area contributed by atoms with Crippen molar-refractivity contribution in [2.45, 2.75) is 25.9 Å². The summed E-state index contributed by atoms with van der Waals surface area (Å²) >= 11 is 0. The first kappa shape index (κ1) is 13.0. The normalized spacial score (nSPS) is 13.1. The summed E-state index contributed by atoms with van der Waals surface area (Å²) in [5, 5.41) is 14.7. The number of hydrogen-bond donors (Lipinski definition) is 3. The number of amidine groups is 1. The number of aromatic nitrogens is 1. The maximum absolute atomic E-state index is 8.55. The first-order valence-electron chi connectivity index (χ1n) is 5.27. The van der Waals surface area contributed by atoms with E-state index < -0.39 is 0 Å². The van der Waals surface area contributed by atoms with E-state index in [0.29, 0.717) is 18.7 Å². The van der Waals surface area contributed by atoms with Gasteiger partial charge in [0.2, 0.25) is 0 Å². The van der Waals surface area contributed by atoms with Crippen LogP contribution in [0.4, 0.5) is 0 Å². The summed E-state index contributed by atoms with van der Waals surface area (Å²) in [4.78, 5) is 4.00. The molecule has 0 saturated carbocycles. The van der Waals surface area contributed by atoms with Crippen molar-refractivity contribution < 1.29 is 5.21 Å². The average molecular weight is 232 g/mol.